The lowest BCUT2D eigenvalue weighted by Crippen LogP contribution is -2.43. The Labute approximate surface area is 119 Å². The molecular formula is C13H17NO5S. The lowest BCUT2D eigenvalue weighted by atomic mass is 10.2. The Bertz CT molecular complexity index is 477. The molecule has 0 aliphatic carbocycles. The average Bonchev–Trinajstić information content (AvgIpc) is 2.44. The van der Waals surface area contributed by atoms with Crippen LogP contribution >= 0.6 is 0 Å². The SMILES string of the molecule is COCC(=O)N[C@H](CC[S@](=O)c1ccccc1)C(=O)O. The number of carboxylic acids is 1. The average molecular weight is 299 g/mol. The summed E-state index contributed by atoms with van der Waals surface area (Å²) >= 11 is 0. The minimum absolute atomic E-state index is 0.0896. The molecule has 0 aliphatic heterocycles. The minimum Gasteiger partial charge on any atom is -0.480 e. The normalized spacial score (nSPS) is 13.4. The highest BCUT2D eigenvalue weighted by atomic mass is 32.2. The van der Waals surface area contributed by atoms with E-state index in [9.17, 15) is 13.8 Å². The molecule has 0 heterocycles. The van der Waals surface area contributed by atoms with Crippen molar-refractivity contribution < 1.29 is 23.6 Å². The molecule has 0 fully saturated rings. The third kappa shape index (κ3) is 5.50. The minimum atomic E-state index is -1.28. The summed E-state index contributed by atoms with van der Waals surface area (Å²) in [6.45, 7) is -0.203. The molecule has 0 aromatic heterocycles. The molecule has 0 spiro atoms. The molecule has 6 nitrogen and oxygen atoms in total. The van der Waals surface area contributed by atoms with Crippen LogP contribution in [0.2, 0.25) is 0 Å². The molecule has 2 atom stereocenters. The second kappa shape index (κ2) is 8.44. The number of rotatable bonds is 8. The Morgan fingerprint density at radius 1 is 1.35 bits per heavy atom. The molecule has 1 aromatic rings. The number of carbonyl (C=O) groups is 2. The fourth-order valence-electron chi connectivity index (χ4n) is 1.54. The van der Waals surface area contributed by atoms with E-state index in [-0.39, 0.29) is 18.8 Å². The van der Waals surface area contributed by atoms with E-state index in [1.807, 2.05) is 6.07 Å². The molecule has 2 N–H and O–H groups in total. The Hall–Kier alpha value is -1.73. The predicted octanol–water partition coefficient (Wildman–Crippen LogP) is 0.400. The number of hydrogen-bond donors (Lipinski definition) is 2. The van der Waals surface area contributed by atoms with Crippen LogP contribution in [0.4, 0.5) is 0 Å². The number of benzene rings is 1. The van der Waals surface area contributed by atoms with Crippen LogP contribution in [0.15, 0.2) is 35.2 Å². The van der Waals surface area contributed by atoms with Gasteiger partial charge in [0.2, 0.25) is 5.91 Å². The number of hydrogen-bond acceptors (Lipinski definition) is 4. The number of carbonyl (C=O) groups excluding carboxylic acids is 1. The smallest absolute Gasteiger partial charge is 0.326 e. The summed E-state index contributed by atoms with van der Waals surface area (Å²) in [4.78, 5) is 23.0. The van der Waals surface area contributed by atoms with Gasteiger partial charge in [-0.15, -0.1) is 0 Å². The van der Waals surface area contributed by atoms with E-state index in [1.165, 1.54) is 7.11 Å². The first kappa shape index (κ1) is 16.3. The molecule has 0 bridgehead atoms. The van der Waals surface area contributed by atoms with Gasteiger partial charge in [-0.3, -0.25) is 9.00 Å². The van der Waals surface area contributed by atoms with Gasteiger partial charge in [-0.05, 0) is 18.6 Å². The lowest BCUT2D eigenvalue weighted by Gasteiger charge is -2.14. The maximum Gasteiger partial charge on any atom is 0.326 e. The fourth-order valence-corrected chi connectivity index (χ4v) is 2.69. The zero-order valence-electron chi connectivity index (χ0n) is 11.1. The van der Waals surface area contributed by atoms with Crippen LogP contribution in [0.5, 0.6) is 0 Å². The van der Waals surface area contributed by atoms with E-state index in [0.29, 0.717) is 4.90 Å². The fraction of sp³-hybridized carbons (Fsp3) is 0.385. The van der Waals surface area contributed by atoms with Crippen molar-refractivity contribution in [3.63, 3.8) is 0 Å². The van der Waals surface area contributed by atoms with Gasteiger partial charge in [-0.2, -0.15) is 0 Å². The van der Waals surface area contributed by atoms with Crippen LogP contribution in [0.1, 0.15) is 6.42 Å². The Morgan fingerprint density at radius 3 is 2.55 bits per heavy atom. The molecule has 20 heavy (non-hydrogen) atoms. The Kier molecular flexibility index (Phi) is 6.89. The molecule has 0 aliphatic rings. The van der Waals surface area contributed by atoms with E-state index < -0.39 is 28.7 Å². The largest absolute Gasteiger partial charge is 0.480 e. The van der Waals surface area contributed by atoms with Crippen molar-refractivity contribution in [1.29, 1.82) is 0 Å². The van der Waals surface area contributed by atoms with Gasteiger partial charge in [0.05, 0.1) is 10.8 Å². The molecule has 0 saturated carbocycles. The van der Waals surface area contributed by atoms with Crippen LogP contribution in [-0.2, 0) is 25.1 Å². The zero-order chi connectivity index (χ0) is 15.0. The van der Waals surface area contributed by atoms with E-state index >= 15 is 0 Å². The van der Waals surface area contributed by atoms with Crippen molar-refractivity contribution in [2.75, 3.05) is 19.5 Å². The van der Waals surface area contributed by atoms with Gasteiger partial charge in [-0.25, -0.2) is 4.79 Å². The summed E-state index contributed by atoms with van der Waals surface area (Å²) in [6, 6.07) is 7.71. The van der Waals surface area contributed by atoms with Crippen molar-refractivity contribution in [2.24, 2.45) is 0 Å². The maximum absolute atomic E-state index is 12.0. The van der Waals surface area contributed by atoms with Gasteiger partial charge in [0.15, 0.2) is 0 Å². The van der Waals surface area contributed by atoms with Crippen molar-refractivity contribution in [3.05, 3.63) is 30.3 Å². The lowest BCUT2D eigenvalue weighted by molar-refractivity contribution is -0.142. The van der Waals surface area contributed by atoms with Crippen LogP contribution < -0.4 is 5.32 Å². The molecule has 110 valence electrons. The number of aliphatic carboxylic acids is 1. The Morgan fingerprint density at radius 2 is 2.00 bits per heavy atom. The highest BCUT2D eigenvalue weighted by Crippen LogP contribution is 2.08. The standard InChI is InChI=1S/C13H17NO5S/c1-19-9-12(15)14-11(13(16)17)7-8-20(18)10-5-3-2-4-6-10/h2-6,11H,7-9H2,1H3,(H,14,15)(H,16,17)/t11-,20+/m1/s1. The van der Waals surface area contributed by atoms with Crippen LogP contribution in [0.3, 0.4) is 0 Å². The summed E-state index contributed by atoms with van der Waals surface area (Å²) < 4.78 is 16.6. The van der Waals surface area contributed by atoms with Gasteiger partial charge in [0.1, 0.15) is 12.6 Å². The van der Waals surface area contributed by atoms with Crippen molar-refractivity contribution >= 4 is 22.7 Å². The first-order valence-electron chi connectivity index (χ1n) is 5.99. The highest BCUT2D eigenvalue weighted by molar-refractivity contribution is 7.85. The molecule has 0 radical (unpaired) electrons. The van der Waals surface area contributed by atoms with E-state index in [2.05, 4.69) is 10.1 Å². The zero-order valence-corrected chi connectivity index (χ0v) is 11.9. The molecule has 0 saturated heterocycles. The van der Waals surface area contributed by atoms with Gasteiger partial charge in [0, 0.05) is 17.8 Å². The van der Waals surface area contributed by atoms with Crippen molar-refractivity contribution in [3.8, 4) is 0 Å². The molecular weight excluding hydrogens is 282 g/mol. The summed E-state index contributed by atoms with van der Waals surface area (Å²) in [5, 5.41) is 11.3. The van der Waals surface area contributed by atoms with Crippen molar-refractivity contribution in [1.82, 2.24) is 5.32 Å². The van der Waals surface area contributed by atoms with Gasteiger partial charge < -0.3 is 15.2 Å². The highest BCUT2D eigenvalue weighted by Gasteiger charge is 2.20. The van der Waals surface area contributed by atoms with Crippen LogP contribution in [0.25, 0.3) is 0 Å². The topological polar surface area (TPSA) is 92.7 Å². The molecule has 1 aromatic carbocycles. The summed E-state index contributed by atoms with van der Waals surface area (Å²) in [5.41, 5.74) is 0. The molecule has 0 unspecified atom stereocenters. The first-order chi connectivity index (χ1) is 9.54. The first-order valence-corrected chi connectivity index (χ1v) is 7.31. The molecule has 1 amide bonds. The number of carboxylic acid groups (broad SMARTS) is 1. The van der Waals surface area contributed by atoms with E-state index in [1.54, 1.807) is 24.3 Å². The number of nitrogens with one attached hydrogen (secondary N) is 1. The van der Waals surface area contributed by atoms with E-state index in [0.717, 1.165) is 0 Å². The van der Waals surface area contributed by atoms with Crippen LogP contribution in [-0.4, -0.2) is 46.7 Å². The number of amides is 1. The van der Waals surface area contributed by atoms with Crippen LogP contribution in [0, 0.1) is 0 Å². The van der Waals surface area contributed by atoms with Gasteiger partial charge in [0.25, 0.3) is 0 Å². The second-order valence-corrected chi connectivity index (χ2v) is 5.61. The summed E-state index contributed by atoms with van der Waals surface area (Å²) in [5.74, 6) is -1.50. The van der Waals surface area contributed by atoms with Gasteiger partial charge in [-0.1, -0.05) is 18.2 Å². The molecule has 1 rings (SSSR count). The summed E-state index contributed by atoms with van der Waals surface area (Å²) in [6.07, 6.45) is 0.0896. The predicted molar refractivity (Wildman–Crippen MR) is 73.8 cm³/mol. The number of methoxy groups -OCH3 is 1. The molecule has 7 heteroatoms. The monoisotopic (exact) mass is 299 g/mol. The third-order valence-electron chi connectivity index (χ3n) is 2.51. The quantitative estimate of drug-likeness (QED) is 0.725. The van der Waals surface area contributed by atoms with E-state index in [4.69, 9.17) is 5.11 Å². The maximum atomic E-state index is 12.0. The second-order valence-electron chi connectivity index (χ2n) is 4.04. The summed E-state index contributed by atoms with van der Waals surface area (Å²) in [7, 11) is 0.0621. The van der Waals surface area contributed by atoms with Gasteiger partial charge >= 0.3 is 5.97 Å². The Balaban J connectivity index is 2.53. The number of ether oxygens (including phenoxy) is 1. The van der Waals surface area contributed by atoms with Crippen molar-refractivity contribution in [2.45, 2.75) is 17.4 Å². The third-order valence-corrected chi connectivity index (χ3v) is 3.91.